The third kappa shape index (κ3) is 1.23. The molecule has 1 fully saturated rings. The second kappa shape index (κ2) is 2.01. The Morgan fingerprint density at radius 1 is 1.67 bits per heavy atom. The van der Waals surface area contributed by atoms with Crippen molar-refractivity contribution in [1.29, 1.82) is 0 Å². The standard InChI is InChI=1S/C7H13NO/c1-5(2)7-4-8(7)6(3)9/h5,7H,4H2,1-3H3. The molecular weight excluding hydrogens is 114 g/mol. The fourth-order valence-electron chi connectivity index (χ4n) is 1.09. The van der Waals surface area contributed by atoms with Crippen molar-refractivity contribution >= 4 is 5.91 Å². The van der Waals surface area contributed by atoms with Gasteiger partial charge in [0.15, 0.2) is 0 Å². The van der Waals surface area contributed by atoms with E-state index in [-0.39, 0.29) is 5.91 Å². The number of carbonyl (C=O) groups excluding carboxylic acids is 1. The van der Waals surface area contributed by atoms with Crippen LogP contribution in [0.25, 0.3) is 0 Å². The van der Waals surface area contributed by atoms with Gasteiger partial charge in [-0.3, -0.25) is 4.79 Å². The molecule has 9 heavy (non-hydrogen) atoms. The number of nitrogens with zero attached hydrogens (tertiary/aromatic N) is 1. The average Bonchev–Trinajstić information content (AvgIpc) is 2.39. The van der Waals surface area contributed by atoms with E-state index in [9.17, 15) is 4.79 Å². The zero-order valence-corrected chi connectivity index (χ0v) is 6.22. The smallest absolute Gasteiger partial charge is 0.219 e. The molecule has 1 rings (SSSR count). The van der Waals surface area contributed by atoms with E-state index in [0.717, 1.165) is 6.54 Å². The molecular formula is C7H13NO. The average molecular weight is 127 g/mol. The van der Waals surface area contributed by atoms with Crippen LogP contribution in [0.1, 0.15) is 20.8 Å². The lowest BCUT2D eigenvalue weighted by atomic mass is 10.1. The van der Waals surface area contributed by atoms with Gasteiger partial charge < -0.3 is 4.90 Å². The van der Waals surface area contributed by atoms with Gasteiger partial charge in [0.25, 0.3) is 0 Å². The Balaban J connectivity index is 2.33. The van der Waals surface area contributed by atoms with Crippen molar-refractivity contribution in [1.82, 2.24) is 4.90 Å². The molecule has 0 aromatic rings. The molecule has 0 spiro atoms. The monoisotopic (exact) mass is 127 g/mol. The number of rotatable bonds is 1. The summed E-state index contributed by atoms with van der Waals surface area (Å²) in [5, 5.41) is 0. The van der Waals surface area contributed by atoms with Crippen molar-refractivity contribution in [2.45, 2.75) is 26.8 Å². The van der Waals surface area contributed by atoms with E-state index in [2.05, 4.69) is 13.8 Å². The Kier molecular flexibility index (Phi) is 1.47. The fourth-order valence-corrected chi connectivity index (χ4v) is 1.09. The number of amides is 1. The van der Waals surface area contributed by atoms with Gasteiger partial charge in [-0.05, 0) is 5.92 Å². The highest BCUT2D eigenvalue weighted by Gasteiger charge is 2.37. The van der Waals surface area contributed by atoms with Crippen LogP contribution in [0.2, 0.25) is 0 Å². The van der Waals surface area contributed by atoms with E-state index in [0.29, 0.717) is 12.0 Å². The topological polar surface area (TPSA) is 20.1 Å². The zero-order valence-electron chi connectivity index (χ0n) is 6.22. The molecule has 0 N–H and O–H groups in total. The lowest BCUT2D eigenvalue weighted by molar-refractivity contribution is -0.124. The van der Waals surface area contributed by atoms with E-state index in [1.165, 1.54) is 0 Å². The summed E-state index contributed by atoms with van der Waals surface area (Å²) in [7, 11) is 0. The van der Waals surface area contributed by atoms with Gasteiger partial charge in [-0.1, -0.05) is 13.8 Å². The molecule has 1 aliphatic heterocycles. The van der Waals surface area contributed by atoms with Crippen molar-refractivity contribution in [3.63, 3.8) is 0 Å². The number of carbonyl (C=O) groups is 1. The second-order valence-corrected chi connectivity index (χ2v) is 2.98. The predicted molar refractivity (Wildman–Crippen MR) is 36.0 cm³/mol. The summed E-state index contributed by atoms with van der Waals surface area (Å²) in [4.78, 5) is 12.5. The van der Waals surface area contributed by atoms with Gasteiger partial charge in [-0.25, -0.2) is 0 Å². The quantitative estimate of drug-likeness (QED) is 0.479. The second-order valence-electron chi connectivity index (χ2n) is 2.98. The molecule has 0 aliphatic carbocycles. The van der Waals surface area contributed by atoms with Crippen LogP contribution in [0.4, 0.5) is 0 Å². The molecule has 52 valence electrons. The Hall–Kier alpha value is -0.530. The minimum Gasteiger partial charge on any atom is -0.336 e. The summed E-state index contributed by atoms with van der Waals surface area (Å²) < 4.78 is 0. The Bertz CT molecular complexity index is 131. The molecule has 2 heteroatoms. The largest absolute Gasteiger partial charge is 0.336 e. The molecule has 1 heterocycles. The first-order valence-corrected chi connectivity index (χ1v) is 3.40. The molecule has 1 aliphatic rings. The predicted octanol–water partition coefficient (Wildman–Crippen LogP) is 0.873. The summed E-state index contributed by atoms with van der Waals surface area (Å²) in [5.74, 6) is 0.850. The lowest BCUT2D eigenvalue weighted by Gasteiger charge is -2.01. The molecule has 1 unspecified atom stereocenters. The van der Waals surface area contributed by atoms with Crippen LogP contribution in [0.15, 0.2) is 0 Å². The van der Waals surface area contributed by atoms with E-state index < -0.39 is 0 Å². The molecule has 0 aromatic carbocycles. The van der Waals surface area contributed by atoms with Crippen LogP contribution in [0.5, 0.6) is 0 Å². The first kappa shape index (κ1) is 6.59. The summed E-state index contributed by atoms with van der Waals surface area (Å²) in [6.07, 6.45) is 0. The highest BCUT2D eigenvalue weighted by molar-refractivity contribution is 5.76. The highest BCUT2D eigenvalue weighted by Crippen LogP contribution is 2.24. The number of hydrogen-bond donors (Lipinski definition) is 0. The molecule has 0 bridgehead atoms. The van der Waals surface area contributed by atoms with Gasteiger partial charge in [0, 0.05) is 13.5 Å². The normalized spacial score (nSPS) is 24.9. The zero-order chi connectivity index (χ0) is 7.02. The summed E-state index contributed by atoms with van der Waals surface area (Å²) in [5.41, 5.74) is 0. The maximum Gasteiger partial charge on any atom is 0.219 e. The Labute approximate surface area is 55.8 Å². The fraction of sp³-hybridized carbons (Fsp3) is 0.857. The first-order chi connectivity index (χ1) is 4.13. The third-order valence-corrected chi connectivity index (χ3v) is 1.82. The van der Waals surface area contributed by atoms with E-state index in [1.807, 2.05) is 4.90 Å². The van der Waals surface area contributed by atoms with Gasteiger partial charge in [-0.15, -0.1) is 0 Å². The minimum atomic E-state index is 0.216. The van der Waals surface area contributed by atoms with Crippen molar-refractivity contribution in [2.24, 2.45) is 5.92 Å². The first-order valence-electron chi connectivity index (χ1n) is 3.40. The van der Waals surface area contributed by atoms with Gasteiger partial charge >= 0.3 is 0 Å². The maximum atomic E-state index is 10.6. The van der Waals surface area contributed by atoms with Crippen LogP contribution in [0.3, 0.4) is 0 Å². The van der Waals surface area contributed by atoms with E-state index in [1.54, 1.807) is 6.92 Å². The molecule has 1 amide bonds. The maximum absolute atomic E-state index is 10.6. The van der Waals surface area contributed by atoms with Gasteiger partial charge in [0.1, 0.15) is 0 Å². The summed E-state index contributed by atoms with van der Waals surface area (Å²) in [6, 6.07) is 0.544. The molecule has 1 saturated heterocycles. The van der Waals surface area contributed by atoms with Crippen LogP contribution < -0.4 is 0 Å². The molecule has 2 nitrogen and oxygen atoms in total. The summed E-state index contributed by atoms with van der Waals surface area (Å²) in [6.45, 7) is 6.90. The van der Waals surface area contributed by atoms with Gasteiger partial charge in [-0.2, -0.15) is 0 Å². The van der Waals surface area contributed by atoms with Crippen molar-refractivity contribution < 1.29 is 4.79 Å². The molecule has 0 saturated carbocycles. The number of hydrogen-bond acceptors (Lipinski definition) is 1. The lowest BCUT2D eigenvalue weighted by Crippen LogP contribution is -2.11. The van der Waals surface area contributed by atoms with E-state index in [4.69, 9.17) is 0 Å². The minimum absolute atomic E-state index is 0.216. The van der Waals surface area contributed by atoms with Crippen molar-refractivity contribution in [3.8, 4) is 0 Å². The highest BCUT2D eigenvalue weighted by atomic mass is 16.2. The Morgan fingerprint density at radius 2 is 2.22 bits per heavy atom. The van der Waals surface area contributed by atoms with Gasteiger partial charge in [0.05, 0.1) is 6.04 Å². The summed E-state index contributed by atoms with van der Waals surface area (Å²) >= 11 is 0. The van der Waals surface area contributed by atoms with Crippen molar-refractivity contribution in [2.75, 3.05) is 6.54 Å². The van der Waals surface area contributed by atoms with Gasteiger partial charge in [0.2, 0.25) is 5.91 Å². The van der Waals surface area contributed by atoms with Crippen LogP contribution in [-0.4, -0.2) is 23.4 Å². The Morgan fingerprint density at radius 3 is 2.33 bits per heavy atom. The molecule has 1 atom stereocenters. The van der Waals surface area contributed by atoms with E-state index >= 15 is 0 Å². The van der Waals surface area contributed by atoms with Crippen LogP contribution in [-0.2, 0) is 4.79 Å². The SMILES string of the molecule is CC(=O)N1CC1C(C)C. The van der Waals surface area contributed by atoms with Crippen molar-refractivity contribution in [3.05, 3.63) is 0 Å². The van der Waals surface area contributed by atoms with Crippen LogP contribution in [0, 0.1) is 5.92 Å². The molecule has 0 aromatic heterocycles. The molecule has 0 radical (unpaired) electrons. The van der Waals surface area contributed by atoms with Crippen LogP contribution >= 0.6 is 0 Å². The third-order valence-electron chi connectivity index (χ3n) is 1.82.